The fourth-order valence-corrected chi connectivity index (χ4v) is 0.660. The molecule has 0 fully saturated rings. The van der Waals surface area contributed by atoms with E-state index in [1.54, 1.807) is 0 Å². The largest absolute Gasteiger partial charge is 0.479 e. The van der Waals surface area contributed by atoms with Crippen LogP contribution in [0.15, 0.2) is 18.6 Å². The van der Waals surface area contributed by atoms with E-state index < -0.39 is 11.6 Å². The van der Waals surface area contributed by atoms with E-state index in [-0.39, 0.29) is 5.69 Å². The van der Waals surface area contributed by atoms with Crippen molar-refractivity contribution in [3.63, 3.8) is 0 Å². The minimum absolute atomic E-state index is 0.0255. The average molecular weight is 168 g/mol. The quantitative estimate of drug-likeness (QED) is 0.637. The Kier molecular flexibility index (Phi) is 2.05. The molecule has 1 rings (SSSR count). The predicted octanol–water partition coefficient (Wildman–Crippen LogP) is -0.231. The third-order valence-corrected chi connectivity index (χ3v) is 1.48. The van der Waals surface area contributed by atoms with Crippen LogP contribution in [0.5, 0.6) is 0 Å². The fourth-order valence-electron chi connectivity index (χ4n) is 0.660. The van der Waals surface area contributed by atoms with Gasteiger partial charge >= 0.3 is 5.97 Å². The molecule has 1 aromatic rings. The number of nitrogens with zero attached hydrogens (tertiary/aromatic N) is 2. The van der Waals surface area contributed by atoms with Crippen molar-refractivity contribution >= 4 is 5.97 Å². The molecule has 0 saturated carbocycles. The molecule has 0 amide bonds. The molecule has 0 spiro atoms. The first kappa shape index (κ1) is 8.61. The van der Waals surface area contributed by atoms with Crippen molar-refractivity contribution < 1.29 is 15.0 Å². The molecule has 5 heteroatoms. The highest BCUT2D eigenvalue weighted by Crippen LogP contribution is 2.16. The van der Waals surface area contributed by atoms with Crippen molar-refractivity contribution in [3.8, 4) is 0 Å². The van der Waals surface area contributed by atoms with E-state index >= 15 is 0 Å². The maximum atomic E-state index is 10.5. The van der Waals surface area contributed by atoms with Crippen LogP contribution >= 0.6 is 0 Å². The Morgan fingerprint density at radius 3 is 2.67 bits per heavy atom. The third kappa shape index (κ3) is 1.40. The van der Waals surface area contributed by atoms with Crippen LogP contribution < -0.4 is 0 Å². The molecule has 64 valence electrons. The summed E-state index contributed by atoms with van der Waals surface area (Å²) < 4.78 is 0. The molecule has 0 saturated heterocycles. The highest BCUT2D eigenvalue weighted by molar-refractivity contribution is 5.77. The van der Waals surface area contributed by atoms with Gasteiger partial charge < -0.3 is 10.2 Å². The monoisotopic (exact) mass is 168 g/mol. The summed E-state index contributed by atoms with van der Waals surface area (Å²) in [6, 6.07) is 0. The van der Waals surface area contributed by atoms with E-state index in [1.165, 1.54) is 18.6 Å². The van der Waals surface area contributed by atoms with Crippen molar-refractivity contribution in [2.75, 3.05) is 0 Å². The molecule has 0 unspecified atom stereocenters. The lowest BCUT2D eigenvalue weighted by Gasteiger charge is -2.15. The standard InChI is InChI=1S/C7H8N2O3/c1-7(12,6(10)11)5-4-8-2-3-9-5/h2-4,12H,1H3,(H,10,11)/t7-/m0/s1. The summed E-state index contributed by atoms with van der Waals surface area (Å²) in [7, 11) is 0. The van der Waals surface area contributed by atoms with Gasteiger partial charge in [-0.2, -0.15) is 0 Å². The van der Waals surface area contributed by atoms with E-state index in [4.69, 9.17) is 5.11 Å². The van der Waals surface area contributed by atoms with E-state index in [1.807, 2.05) is 0 Å². The van der Waals surface area contributed by atoms with E-state index in [0.717, 1.165) is 6.92 Å². The van der Waals surface area contributed by atoms with Crippen LogP contribution in [0.1, 0.15) is 12.6 Å². The van der Waals surface area contributed by atoms with Gasteiger partial charge in [-0.1, -0.05) is 0 Å². The van der Waals surface area contributed by atoms with Crippen LogP contribution in [0.3, 0.4) is 0 Å². The molecule has 0 aliphatic rings. The number of aliphatic hydroxyl groups is 1. The minimum atomic E-state index is -1.96. The van der Waals surface area contributed by atoms with Gasteiger partial charge in [-0.3, -0.25) is 9.97 Å². The Morgan fingerprint density at radius 1 is 1.58 bits per heavy atom. The normalized spacial score (nSPS) is 15.2. The second-order valence-electron chi connectivity index (χ2n) is 2.47. The smallest absolute Gasteiger partial charge is 0.341 e. The molecule has 0 radical (unpaired) electrons. The summed E-state index contributed by atoms with van der Waals surface area (Å²) >= 11 is 0. The summed E-state index contributed by atoms with van der Waals surface area (Å²) in [6.45, 7) is 1.15. The Balaban J connectivity index is 3.06. The number of carbonyl (C=O) groups is 1. The maximum absolute atomic E-state index is 10.5. The zero-order valence-electron chi connectivity index (χ0n) is 6.43. The number of rotatable bonds is 2. The predicted molar refractivity (Wildman–Crippen MR) is 39.2 cm³/mol. The van der Waals surface area contributed by atoms with Crippen molar-refractivity contribution in [2.45, 2.75) is 12.5 Å². The summed E-state index contributed by atoms with van der Waals surface area (Å²) in [6.07, 6.45) is 3.95. The fraction of sp³-hybridized carbons (Fsp3) is 0.286. The summed E-state index contributed by atoms with van der Waals surface area (Å²) in [5, 5.41) is 17.9. The maximum Gasteiger partial charge on any atom is 0.341 e. The topological polar surface area (TPSA) is 83.3 Å². The minimum Gasteiger partial charge on any atom is -0.479 e. The van der Waals surface area contributed by atoms with Gasteiger partial charge in [0.25, 0.3) is 0 Å². The van der Waals surface area contributed by atoms with Gasteiger partial charge in [-0.25, -0.2) is 4.79 Å². The molecule has 0 bridgehead atoms. The average Bonchev–Trinajstić information content (AvgIpc) is 2.06. The number of carboxylic acids is 1. The van der Waals surface area contributed by atoms with Crippen LogP contribution in [0.2, 0.25) is 0 Å². The number of hydrogen-bond acceptors (Lipinski definition) is 4. The van der Waals surface area contributed by atoms with Crippen LogP contribution in [0.4, 0.5) is 0 Å². The third-order valence-electron chi connectivity index (χ3n) is 1.48. The second kappa shape index (κ2) is 2.86. The molecule has 5 nitrogen and oxygen atoms in total. The molecule has 1 heterocycles. The van der Waals surface area contributed by atoms with E-state index in [9.17, 15) is 9.90 Å². The summed E-state index contributed by atoms with van der Waals surface area (Å²) in [5.74, 6) is -1.34. The first-order valence-corrected chi connectivity index (χ1v) is 3.27. The SMILES string of the molecule is C[C@@](O)(C(=O)O)c1cnccn1. The highest BCUT2D eigenvalue weighted by atomic mass is 16.4. The van der Waals surface area contributed by atoms with Gasteiger partial charge in [0.05, 0.1) is 6.20 Å². The molecular formula is C7H8N2O3. The summed E-state index contributed by atoms with van der Waals surface area (Å²) in [4.78, 5) is 17.8. The van der Waals surface area contributed by atoms with Crippen LogP contribution in [-0.4, -0.2) is 26.2 Å². The van der Waals surface area contributed by atoms with Crippen LogP contribution in [0, 0.1) is 0 Å². The van der Waals surface area contributed by atoms with Crippen molar-refractivity contribution in [3.05, 3.63) is 24.3 Å². The van der Waals surface area contributed by atoms with Gasteiger partial charge in [0.1, 0.15) is 5.69 Å². The molecular weight excluding hydrogens is 160 g/mol. The summed E-state index contributed by atoms with van der Waals surface area (Å²) in [5.41, 5.74) is -1.94. The highest BCUT2D eigenvalue weighted by Gasteiger charge is 2.33. The Hall–Kier alpha value is -1.49. The van der Waals surface area contributed by atoms with Crippen molar-refractivity contribution in [1.29, 1.82) is 0 Å². The van der Waals surface area contributed by atoms with Crippen LogP contribution in [0.25, 0.3) is 0 Å². The van der Waals surface area contributed by atoms with Crippen molar-refractivity contribution in [2.24, 2.45) is 0 Å². The lowest BCUT2D eigenvalue weighted by molar-refractivity contribution is -0.158. The second-order valence-corrected chi connectivity index (χ2v) is 2.47. The molecule has 0 aliphatic carbocycles. The lowest BCUT2D eigenvalue weighted by Crippen LogP contribution is -2.32. The molecule has 2 N–H and O–H groups in total. The lowest BCUT2D eigenvalue weighted by atomic mass is 10.0. The van der Waals surface area contributed by atoms with Gasteiger partial charge in [0.15, 0.2) is 0 Å². The van der Waals surface area contributed by atoms with E-state index in [2.05, 4.69) is 9.97 Å². The van der Waals surface area contributed by atoms with Gasteiger partial charge in [0.2, 0.25) is 5.60 Å². The Bertz CT molecular complexity index is 284. The first-order valence-electron chi connectivity index (χ1n) is 3.27. The van der Waals surface area contributed by atoms with Crippen molar-refractivity contribution in [1.82, 2.24) is 9.97 Å². The Morgan fingerprint density at radius 2 is 2.25 bits per heavy atom. The first-order chi connectivity index (χ1) is 5.55. The van der Waals surface area contributed by atoms with Gasteiger partial charge in [-0.05, 0) is 6.92 Å². The zero-order valence-corrected chi connectivity index (χ0v) is 6.43. The molecule has 1 aromatic heterocycles. The number of carboxylic acid groups (broad SMARTS) is 1. The number of aromatic nitrogens is 2. The van der Waals surface area contributed by atoms with Crippen LogP contribution in [-0.2, 0) is 10.4 Å². The van der Waals surface area contributed by atoms with Gasteiger partial charge in [-0.15, -0.1) is 0 Å². The molecule has 12 heavy (non-hydrogen) atoms. The number of aliphatic carboxylic acids is 1. The molecule has 0 aromatic carbocycles. The van der Waals surface area contributed by atoms with E-state index in [0.29, 0.717) is 0 Å². The Labute approximate surface area is 68.7 Å². The molecule has 0 aliphatic heterocycles. The molecule has 1 atom stereocenters. The zero-order chi connectivity index (χ0) is 9.19. The van der Waals surface area contributed by atoms with Gasteiger partial charge in [0, 0.05) is 12.4 Å². The number of hydrogen-bond donors (Lipinski definition) is 2.